The zero-order valence-corrected chi connectivity index (χ0v) is 16.1. The zero-order chi connectivity index (χ0) is 19.8. The van der Waals surface area contributed by atoms with E-state index in [1.54, 1.807) is 32.5 Å². The molecule has 28 heavy (non-hydrogen) atoms. The topological polar surface area (TPSA) is 91.8 Å². The lowest BCUT2D eigenvalue weighted by atomic mass is 9.93. The summed E-state index contributed by atoms with van der Waals surface area (Å²) in [6, 6.07) is 7.37. The molecule has 2 aromatic rings. The van der Waals surface area contributed by atoms with Gasteiger partial charge in [0.1, 0.15) is 6.10 Å². The third-order valence-electron chi connectivity index (χ3n) is 4.55. The highest BCUT2D eigenvalue weighted by atomic mass is 16.5. The van der Waals surface area contributed by atoms with Gasteiger partial charge in [-0.25, -0.2) is 0 Å². The summed E-state index contributed by atoms with van der Waals surface area (Å²) in [6.07, 6.45) is 6.50. The normalized spacial score (nSPS) is 18.8. The summed E-state index contributed by atoms with van der Waals surface area (Å²) in [5.41, 5.74) is 0. The van der Waals surface area contributed by atoms with Gasteiger partial charge in [-0.3, -0.25) is 9.78 Å². The van der Waals surface area contributed by atoms with Crippen LogP contribution >= 0.6 is 0 Å². The van der Waals surface area contributed by atoms with Gasteiger partial charge in [-0.1, -0.05) is 12.1 Å². The lowest BCUT2D eigenvalue weighted by Crippen LogP contribution is -2.41. The lowest BCUT2D eigenvalue weighted by molar-refractivity contribution is -0.124. The number of carbonyl (C=O) groups excluding carboxylic acids is 1. The first-order chi connectivity index (χ1) is 13.7. The highest BCUT2D eigenvalue weighted by Crippen LogP contribution is 2.26. The Bertz CT molecular complexity index is 778. The number of nitrogens with zero attached hydrogens (tertiary/aromatic N) is 2. The SMILES string of the molecule is COc1cncc(OC2CCC(NC(=O)COc3ccccc3OC)CC2)n1. The van der Waals surface area contributed by atoms with Crippen molar-refractivity contribution in [1.82, 2.24) is 15.3 Å². The van der Waals surface area contributed by atoms with Gasteiger partial charge in [0.25, 0.3) is 5.91 Å². The predicted octanol–water partition coefficient (Wildman–Crippen LogP) is 2.38. The minimum Gasteiger partial charge on any atom is -0.493 e. The predicted molar refractivity (Wildman–Crippen MR) is 102 cm³/mol. The second-order valence-corrected chi connectivity index (χ2v) is 6.50. The lowest BCUT2D eigenvalue weighted by Gasteiger charge is -2.29. The fraction of sp³-hybridized carbons (Fsp3) is 0.450. The minimum atomic E-state index is -0.145. The highest BCUT2D eigenvalue weighted by Gasteiger charge is 2.24. The van der Waals surface area contributed by atoms with Crippen LogP contribution in [0.5, 0.6) is 23.3 Å². The molecule has 8 heteroatoms. The summed E-state index contributed by atoms with van der Waals surface area (Å²) in [5.74, 6) is 1.89. The van der Waals surface area contributed by atoms with Crippen molar-refractivity contribution in [2.24, 2.45) is 0 Å². The Morgan fingerprint density at radius 1 is 1.04 bits per heavy atom. The molecule has 1 aliphatic rings. The molecule has 1 aromatic heterocycles. The van der Waals surface area contributed by atoms with Crippen LogP contribution in [0.3, 0.4) is 0 Å². The molecule has 0 bridgehead atoms. The van der Waals surface area contributed by atoms with E-state index in [0.29, 0.717) is 23.3 Å². The maximum absolute atomic E-state index is 12.2. The first kappa shape index (κ1) is 19.7. The molecule has 1 saturated carbocycles. The number of rotatable bonds is 8. The zero-order valence-electron chi connectivity index (χ0n) is 16.1. The molecular formula is C20H25N3O5. The molecule has 0 atom stereocenters. The third kappa shape index (κ3) is 5.48. The molecule has 0 unspecified atom stereocenters. The van der Waals surface area contributed by atoms with Crippen molar-refractivity contribution in [2.45, 2.75) is 37.8 Å². The summed E-state index contributed by atoms with van der Waals surface area (Å²) >= 11 is 0. The van der Waals surface area contributed by atoms with Crippen LogP contribution in [0, 0.1) is 0 Å². The van der Waals surface area contributed by atoms with E-state index < -0.39 is 0 Å². The van der Waals surface area contributed by atoms with Crippen LogP contribution in [-0.4, -0.2) is 48.8 Å². The van der Waals surface area contributed by atoms with Crippen LogP contribution in [0.25, 0.3) is 0 Å². The summed E-state index contributed by atoms with van der Waals surface area (Å²) in [7, 11) is 3.11. The Kier molecular flexibility index (Phi) is 6.89. The molecule has 150 valence electrons. The van der Waals surface area contributed by atoms with Crippen LogP contribution in [0.2, 0.25) is 0 Å². The van der Waals surface area contributed by atoms with Crippen molar-refractivity contribution < 1.29 is 23.7 Å². The first-order valence-corrected chi connectivity index (χ1v) is 9.26. The van der Waals surface area contributed by atoms with E-state index in [1.807, 2.05) is 12.1 Å². The Hall–Kier alpha value is -3.03. The molecule has 0 spiro atoms. The summed E-state index contributed by atoms with van der Waals surface area (Å²) < 4.78 is 21.7. The van der Waals surface area contributed by atoms with Crippen LogP contribution in [0.15, 0.2) is 36.7 Å². The average Bonchev–Trinajstić information content (AvgIpc) is 2.74. The standard InChI is InChI=1S/C20H25N3O5/c1-25-16-5-3-4-6-17(16)27-13-18(24)22-14-7-9-15(10-8-14)28-20-12-21-11-19(23-20)26-2/h3-6,11-12,14-15H,7-10,13H2,1-2H3,(H,22,24). The van der Waals surface area contributed by atoms with Gasteiger partial charge in [-0.05, 0) is 37.8 Å². The minimum absolute atomic E-state index is 0.0454. The smallest absolute Gasteiger partial charge is 0.258 e. The average molecular weight is 387 g/mol. The molecule has 1 aliphatic carbocycles. The van der Waals surface area contributed by atoms with Gasteiger partial charge in [-0.15, -0.1) is 0 Å². The number of methoxy groups -OCH3 is 2. The Morgan fingerprint density at radius 2 is 1.75 bits per heavy atom. The molecule has 1 heterocycles. The Labute approximate surface area is 164 Å². The molecule has 1 fully saturated rings. The van der Waals surface area contributed by atoms with Crippen molar-refractivity contribution in [2.75, 3.05) is 20.8 Å². The molecule has 1 aromatic carbocycles. The van der Waals surface area contributed by atoms with Gasteiger partial charge in [0.05, 0.1) is 26.6 Å². The third-order valence-corrected chi connectivity index (χ3v) is 4.55. The van der Waals surface area contributed by atoms with Crippen LogP contribution < -0.4 is 24.3 Å². The maximum atomic E-state index is 12.2. The summed E-state index contributed by atoms with van der Waals surface area (Å²) in [4.78, 5) is 20.4. The molecule has 1 amide bonds. The van der Waals surface area contributed by atoms with E-state index in [2.05, 4.69) is 15.3 Å². The van der Waals surface area contributed by atoms with Gasteiger partial charge in [0, 0.05) is 6.04 Å². The number of benzene rings is 1. The molecule has 0 saturated heterocycles. The number of nitrogens with one attached hydrogen (secondary N) is 1. The van der Waals surface area contributed by atoms with E-state index in [1.165, 1.54) is 6.20 Å². The monoisotopic (exact) mass is 387 g/mol. The van der Waals surface area contributed by atoms with E-state index in [4.69, 9.17) is 18.9 Å². The first-order valence-electron chi connectivity index (χ1n) is 9.26. The van der Waals surface area contributed by atoms with Crippen molar-refractivity contribution in [3.05, 3.63) is 36.7 Å². The van der Waals surface area contributed by atoms with Gasteiger partial charge in [0.15, 0.2) is 18.1 Å². The number of para-hydroxylation sites is 2. The van der Waals surface area contributed by atoms with Crippen molar-refractivity contribution in [3.63, 3.8) is 0 Å². The molecule has 8 nitrogen and oxygen atoms in total. The number of amides is 1. The summed E-state index contributed by atoms with van der Waals surface area (Å²) in [6.45, 7) is -0.0454. The second-order valence-electron chi connectivity index (χ2n) is 6.50. The molecule has 3 rings (SSSR count). The van der Waals surface area contributed by atoms with Gasteiger partial charge in [-0.2, -0.15) is 4.98 Å². The van der Waals surface area contributed by atoms with Crippen molar-refractivity contribution >= 4 is 5.91 Å². The number of ether oxygens (including phenoxy) is 4. The Morgan fingerprint density at radius 3 is 2.46 bits per heavy atom. The molecule has 1 N–H and O–H groups in total. The van der Waals surface area contributed by atoms with Crippen molar-refractivity contribution in [1.29, 1.82) is 0 Å². The summed E-state index contributed by atoms with van der Waals surface area (Å²) in [5, 5.41) is 3.02. The fourth-order valence-electron chi connectivity index (χ4n) is 3.13. The number of hydrogen-bond acceptors (Lipinski definition) is 7. The van der Waals surface area contributed by atoms with E-state index in [9.17, 15) is 4.79 Å². The maximum Gasteiger partial charge on any atom is 0.258 e. The number of aromatic nitrogens is 2. The van der Waals surface area contributed by atoms with Crippen LogP contribution in [0.1, 0.15) is 25.7 Å². The molecule has 0 radical (unpaired) electrons. The number of hydrogen-bond donors (Lipinski definition) is 1. The molecular weight excluding hydrogens is 362 g/mol. The number of carbonyl (C=O) groups is 1. The van der Waals surface area contributed by atoms with Crippen LogP contribution in [0.4, 0.5) is 0 Å². The molecule has 0 aliphatic heterocycles. The second kappa shape index (κ2) is 9.77. The van der Waals surface area contributed by atoms with Crippen molar-refractivity contribution in [3.8, 4) is 23.3 Å². The van der Waals surface area contributed by atoms with Gasteiger partial charge >= 0.3 is 0 Å². The fourth-order valence-corrected chi connectivity index (χ4v) is 3.13. The highest BCUT2D eigenvalue weighted by molar-refractivity contribution is 5.77. The van der Waals surface area contributed by atoms with E-state index in [-0.39, 0.29) is 24.7 Å². The largest absolute Gasteiger partial charge is 0.493 e. The van der Waals surface area contributed by atoms with E-state index in [0.717, 1.165) is 25.7 Å². The van der Waals surface area contributed by atoms with E-state index >= 15 is 0 Å². The quantitative estimate of drug-likeness (QED) is 0.743. The van der Waals surface area contributed by atoms with Gasteiger partial charge in [0.2, 0.25) is 11.8 Å². The Balaban J connectivity index is 1.40. The van der Waals surface area contributed by atoms with Gasteiger partial charge < -0.3 is 24.3 Å². The van der Waals surface area contributed by atoms with Crippen LogP contribution in [-0.2, 0) is 4.79 Å².